The van der Waals surface area contributed by atoms with Crippen LogP contribution in [0.25, 0.3) is 0 Å². The second kappa shape index (κ2) is 5.15. The van der Waals surface area contributed by atoms with Crippen molar-refractivity contribution >= 4 is 8.07 Å². The Kier molecular flexibility index (Phi) is 4.11. The van der Waals surface area contributed by atoms with Crippen molar-refractivity contribution in [1.29, 1.82) is 0 Å². The van der Waals surface area contributed by atoms with Crippen molar-refractivity contribution in [3.05, 3.63) is 11.1 Å². The molecule has 0 aromatic heterocycles. The quantitative estimate of drug-likeness (QED) is 0.422. The van der Waals surface area contributed by atoms with E-state index in [0.29, 0.717) is 0 Å². The van der Waals surface area contributed by atoms with Gasteiger partial charge >= 0.3 is 0 Å². The highest BCUT2D eigenvalue weighted by Gasteiger charge is 2.47. The van der Waals surface area contributed by atoms with Crippen LogP contribution in [0.1, 0.15) is 59.8 Å². The summed E-state index contributed by atoms with van der Waals surface area (Å²) in [6.45, 7) is 15.2. The lowest BCUT2D eigenvalue weighted by Gasteiger charge is -2.43. The monoisotopic (exact) mass is 264 g/mol. The van der Waals surface area contributed by atoms with Crippen LogP contribution >= 0.6 is 0 Å². The Bertz CT molecular complexity index is 334. The Hall–Kier alpha value is -0.0431. The minimum Gasteiger partial charge on any atom is -0.0734 e. The van der Waals surface area contributed by atoms with E-state index in [1.807, 2.05) is 0 Å². The number of hydrogen-bond acceptors (Lipinski definition) is 0. The normalized spacial score (nSPS) is 35.3. The highest BCUT2D eigenvalue weighted by Crippen LogP contribution is 2.55. The third-order valence-corrected chi connectivity index (χ3v) is 11.8. The van der Waals surface area contributed by atoms with Gasteiger partial charge in [-0.15, -0.1) is 0 Å². The summed E-state index contributed by atoms with van der Waals surface area (Å²) in [4.78, 5) is 0. The molecule has 1 saturated carbocycles. The Labute approximate surface area is 115 Å². The van der Waals surface area contributed by atoms with Crippen molar-refractivity contribution in [1.82, 2.24) is 0 Å². The maximum absolute atomic E-state index is 2.69. The van der Waals surface area contributed by atoms with Crippen LogP contribution in [0.4, 0.5) is 0 Å². The van der Waals surface area contributed by atoms with Crippen LogP contribution in [0.5, 0.6) is 0 Å². The van der Waals surface area contributed by atoms with E-state index >= 15 is 0 Å². The zero-order valence-electron chi connectivity index (χ0n) is 13.3. The van der Waals surface area contributed by atoms with Gasteiger partial charge in [0, 0.05) is 0 Å². The van der Waals surface area contributed by atoms with Crippen molar-refractivity contribution in [2.75, 3.05) is 0 Å². The van der Waals surface area contributed by atoms with Gasteiger partial charge in [-0.3, -0.25) is 0 Å². The molecule has 0 heterocycles. The molecule has 0 radical (unpaired) electrons. The molecule has 0 unspecified atom stereocenters. The van der Waals surface area contributed by atoms with Crippen molar-refractivity contribution in [3.63, 3.8) is 0 Å². The van der Waals surface area contributed by atoms with Gasteiger partial charge in [0.25, 0.3) is 0 Å². The van der Waals surface area contributed by atoms with Gasteiger partial charge < -0.3 is 0 Å². The van der Waals surface area contributed by atoms with E-state index < -0.39 is 8.07 Å². The van der Waals surface area contributed by atoms with Crippen LogP contribution < -0.4 is 0 Å². The summed E-state index contributed by atoms with van der Waals surface area (Å²) in [6.07, 6.45) is 7.55. The Morgan fingerprint density at radius 2 is 1.44 bits per heavy atom. The molecule has 104 valence electrons. The molecule has 0 N–H and O–H groups in total. The lowest BCUT2D eigenvalue weighted by Crippen LogP contribution is -2.41. The van der Waals surface area contributed by atoms with Gasteiger partial charge in [0.05, 0.1) is 8.07 Å². The lowest BCUT2D eigenvalue weighted by atomic mass is 9.95. The molecule has 0 aliphatic heterocycles. The Balaban J connectivity index is 2.24. The number of allylic oxidation sites excluding steroid dienone is 2. The van der Waals surface area contributed by atoms with Crippen LogP contribution in [0.3, 0.4) is 0 Å². The van der Waals surface area contributed by atoms with Crippen molar-refractivity contribution in [2.45, 2.75) is 84.0 Å². The van der Waals surface area contributed by atoms with Gasteiger partial charge in [-0.05, 0) is 36.8 Å². The zero-order valence-corrected chi connectivity index (χ0v) is 14.3. The largest absolute Gasteiger partial charge is 0.0734 e. The van der Waals surface area contributed by atoms with Gasteiger partial charge in [-0.2, -0.15) is 0 Å². The van der Waals surface area contributed by atoms with E-state index in [4.69, 9.17) is 0 Å². The minimum absolute atomic E-state index is 0.824. The fourth-order valence-corrected chi connectivity index (χ4v) is 10.4. The first-order valence-corrected chi connectivity index (χ1v) is 11.2. The molecule has 3 atom stereocenters. The maximum atomic E-state index is 2.69. The average Bonchev–Trinajstić information content (AvgIpc) is 2.55. The zero-order chi connectivity index (χ0) is 13.5. The van der Waals surface area contributed by atoms with Crippen molar-refractivity contribution in [2.24, 2.45) is 11.8 Å². The number of rotatable bonds is 2. The summed E-state index contributed by atoms with van der Waals surface area (Å²) in [6, 6.07) is 0. The molecule has 0 amide bonds. The van der Waals surface area contributed by atoms with E-state index in [1.54, 1.807) is 11.1 Å². The van der Waals surface area contributed by atoms with Crippen molar-refractivity contribution in [3.8, 4) is 0 Å². The fourth-order valence-electron chi connectivity index (χ4n) is 5.02. The van der Waals surface area contributed by atoms with Gasteiger partial charge in [0.2, 0.25) is 0 Å². The molecule has 0 spiro atoms. The molecule has 18 heavy (non-hydrogen) atoms. The average molecular weight is 265 g/mol. The first kappa shape index (κ1) is 14.4. The Morgan fingerprint density at radius 3 is 1.89 bits per heavy atom. The molecule has 2 rings (SSSR count). The molecular formula is C17H32Si. The third-order valence-electron chi connectivity index (χ3n) is 6.54. The molecule has 0 aromatic carbocycles. The summed E-state index contributed by atoms with van der Waals surface area (Å²) < 4.78 is 0. The first-order chi connectivity index (χ1) is 8.37. The molecular weight excluding hydrogens is 232 g/mol. The second-order valence-electron chi connectivity index (χ2n) is 7.65. The highest BCUT2D eigenvalue weighted by atomic mass is 28.3. The first-order valence-electron chi connectivity index (χ1n) is 8.04. The summed E-state index contributed by atoms with van der Waals surface area (Å²) in [5.74, 6) is 1.72. The smallest absolute Gasteiger partial charge is 0.0581 e. The summed E-state index contributed by atoms with van der Waals surface area (Å²) in [5, 5.41) is 0. The maximum Gasteiger partial charge on any atom is 0.0581 e. The van der Waals surface area contributed by atoms with Crippen LogP contribution in [0, 0.1) is 11.8 Å². The minimum atomic E-state index is -1.14. The molecule has 1 heteroatoms. The standard InChI is InChI=1S/C17H32Si/c1-12-13(2)15(4)17(14(12)3)18(5,6)16-10-8-7-9-11-16/h12,14,16-17H,7-11H2,1-6H3/t12-,14-,17-/m1/s1. The van der Waals surface area contributed by atoms with Crippen LogP contribution in [-0.4, -0.2) is 8.07 Å². The summed E-state index contributed by atoms with van der Waals surface area (Å²) >= 11 is 0. The highest BCUT2D eigenvalue weighted by molar-refractivity contribution is 6.81. The molecule has 2 aliphatic rings. The Morgan fingerprint density at radius 1 is 0.889 bits per heavy atom. The predicted molar refractivity (Wildman–Crippen MR) is 84.8 cm³/mol. The van der Waals surface area contributed by atoms with Gasteiger partial charge in [-0.1, -0.05) is 70.2 Å². The molecule has 0 nitrogen and oxygen atoms in total. The third kappa shape index (κ3) is 2.24. The fraction of sp³-hybridized carbons (Fsp3) is 0.882. The molecule has 1 fully saturated rings. The SMILES string of the molecule is CC1=C(C)[C@H]([Si](C)(C)C2CCCCC2)[C@H](C)[C@@H]1C. The second-order valence-corrected chi connectivity index (χ2v) is 12.7. The van der Waals surface area contributed by atoms with Crippen LogP contribution in [0.15, 0.2) is 11.1 Å². The van der Waals surface area contributed by atoms with Gasteiger partial charge in [-0.25, -0.2) is 0 Å². The topological polar surface area (TPSA) is 0 Å². The molecule has 0 saturated heterocycles. The van der Waals surface area contributed by atoms with Crippen LogP contribution in [-0.2, 0) is 0 Å². The van der Waals surface area contributed by atoms with E-state index in [-0.39, 0.29) is 0 Å². The van der Waals surface area contributed by atoms with E-state index in [0.717, 1.165) is 22.9 Å². The van der Waals surface area contributed by atoms with E-state index in [2.05, 4.69) is 40.8 Å². The molecule has 2 aliphatic carbocycles. The van der Waals surface area contributed by atoms with E-state index in [9.17, 15) is 0 Å². The van der Waals surface area contributed by atoms with Crippen molar-refractivity contribution < 1.29 is 0 Å². The number of hydrogen-bond donors (Lipinski definition) is 0. The van der Waals surface area contributed by atoms with Crippen LogP contribution in [0.2, 0.25) is 24.2 Å². The molecule has 0 aromatic rings. The van der Waals surface area contributed by atoms with E-state index in [1.165, 1.54) is 32.1 Å². The van der Waals surface area contributed by atoms with Gasteiger partial charge in [0.15, 0.2) is 0 Å². The lowest BCUT2D eigenvalue weighted by molar-refractivity contribution is 0.448. The predicted octanol–water partition coefficient (Wildman–Crippen LogP) is 6.02. The summed E-state index contributed by atoms with van der Waals surface area (Å²) in [7, 11) is -1.14. The van der Waals surface area contributed by atoms with Gasteiger partial charge in [0.1, 0.15) is 0 Å². The molecule has 0 bridgehead atoms. The summed E-state index contributed by atoms with van der Waals surface area (Å²) in [5.41, 5.74) is 5.53.